The molecule has 0 spiro atoms. The lowest BCUT2D eigenvalue weighted by molar-refractivity contribution is 0.773. The van der Waals surface area contributed by atoms with E-state index in [-0.39, 0.29) is 0 Å². The summed E-state index contributed by atoms with van der Waals surface area (Å²) < 4.78 is 0. The maximum Gasteiger partial charge on any atom is 0.0936 e. The molecule has 0 N–H and O–H groups in total. The summed E-state index contributed by atoms with van der Waals surface area (Å²) in [4.78, 5) is 4.35. The summed E-state index contributed by atoms with van der Waals surface area (Å²) in [6.45, 7) is 4.42. The van der Waals surface area contributed by atoms with Crippen LogP contribution in [0.25, 0.3) is 0 Å². The second kappa shape index (κ2) is 2.74. The van der Waals surface area contributed by atoms with Gasteiger partial charge in [-0.05, 0) is 23.1 Å². The van der Waals surface area contributed by atoms with Crippen molar-refractivity contribution in [2.75, 3.05) is 0 Å². The first-order chi connectivity index (χ1) is 5.77. The van der Waals surface area contributed by atoms with Crippen molar-refractivity contribution in [2.24, 2.45) is 10.9 Å². The molecule has 2 rings (SSSR count). The average Bonchev–Trinajstić information content (AvgIpc) is 2.49. The van der Waals surface area contributed by atoms with E-state index in [1.54, 1.807) is 0 Å². The second-order valence-corrected chi connectivity index (χ2v) is 3.56. The molecule has 0 amide bonds. The van der Waals surface area contributed by atoms with E-state index in [9.17, 15) is 0 Å². The van der Waals surface area contributed by atoms with E-state index in [0.717, 1.165) is 0 Å². The molecule has 2 aliphatic rings. The van der Waals surface area contributed by atoms with Gasteiger partial charge in [0.2, 0.25) is 0 Å². The van der Waals surface area contributed by atoms with E-state index in [0.29, 0.717) is 12.0 Å². The Morgan fingerprint density at radius 1 is 1.33 bits per heavy atom. The lowest BCUT2D eigenvalue weighted by Gasteiger charge is -2.15. The van der Waals surface area contributed by atoms with Gasteiger partial charge in [-0.25, -0.2) is 0 Å². The van der Waals surface area contributed by atoms with Gasteiger partial charge in [-0.3, -0.25) is 4.99 Å². The van der Waals surface area contributed by atoms with Crippen molar-refractivity contribution in [3.05, 3.63) is 35.5 Å². The van der Waals surface area contributed by atoms with Gasteiger partial charge in [-0.2, -0.15) is 0 Å². The molecule has 1 atom stereocenters. The maximum atomic E-state index is 4.35. The first-order valence-corrected chi connectivity index (χ1v) is 4.40. The highest BCUT2D eigenvalue weighted by Crippen LogP contribution is 2.25. The lowest BCUT2D eigenvalue weighted by Crippen LogP contribution is -2.07. The third-order valence-electron chi connectivity index (χ3n) is 2.34. The second-order valence-electron chi connectivity index (χ2n) is 3.56. The molecule has 1 unspecified atom stereocenters. The van der Waals surface area contributed by atoms with Crippen LogP contribution in [0.15, 0.2) is 40.4 Å². The fourth-order valence-electron chi connectivity index (χ4n) is 1.52. The molecule has 1 heterocycles. The Morgan fingerprint density at radius 2 is 2.17 bits per heavy atom. The van der Waals surface area contributed by atoms with Crippen molar-refractivity contribution in [3.8, 4) is 0 Å². The molecule has 0 radical (unpaired) electrons. The molecule has 0 aromatic heterocycles. The predicted octanol–water partition coefficient (Wildman–Crippen LogP) is 2.52. The minimum absolute atomic E-state index is 0.312. The number of aliphatic imine (C=N–C) groups is 1. The monoisotopic (exact) mass is 159 g/mol. The minimum Gasteiger partial charge on any atom is -0.281 e. The molecule has 0 fully saturated rings. The summed E-state index contributed by atoms with van der Waals surface area (Å²) in [5, 5.41) is 0. The molecule has 1 heteroatoms. The largest absolute Gasteiger partial charge is 0.281 e. The number of nitrogens with zero attached hydrogens (tertiary/aromatic N) is 1. The number of rotatable bonds is 1. The highest BCUT2D eigenvalue weighted by atomic mass is 14.8. The minimum atomic E-state index is 0.312. The first kappa shape index (κ1) is 7.53. The SMILES string of the molecule is CC(C)C1=CC2N=CC=C2C=C1. The molecule has 0 saturated carbocycles. The summed E-state index contributed by atoms with van der Waals surface area (Å²) in [6, 6.07) is 0.312. The van der Waals surface area contributed by atoms with Gasteiger partial charge in [-0.1, -0.05) is 32.1 Å². The van der Waals surface area contributed by atoms with E-state index in [1.807, 2.05) is 6.21 Å². The lowest BCUT2D eigenvalue weighted by atomic mass is 9.93. The quantitative estimate of drug-likeness (QED) is 0.557. The van der Waals surface area contributed by atoms with Crippen molar-refractivity contribution in [1.29, 1.82) is 0 Å². The van der Waals surface area contributed by atoms with Crippen LogP contribution < -0.4 is 0 Å². The molecular formula is C11H13N. The molecule has 0 aromatic carbocycles. The Bertz CT molecular complexity index is 303. The van der Waals surface area contributed by atoms with Crippen LogP contribution in [0.3, 0.4) is 0 Å². The van der Waals surface area contributed by atoms with Crippen LogP contribution in [0.4, 0.5) is 0 Å². The van der Waals surface area contributed by atoms with Crippen LogP contribution in [0, 0.1) is 5.92 Å². The van der Waals surface area contributed by atoms with Crippen LogP contribution in [0.5, 0.6) is 0 Å². The van der Waals surface area contributed by atoms with Crippen LogP contribution >= 0.6 is 0 Å². The van der Waals surface area contributed by atoms with E-state index in [2.05, 4.69) is 43.1 Å². The fraction of sp³-hybridized carbons (Fsp3) is 0.364. The van der Waals surface area contributed by atoms with Crippen LogP contribution in [0.2, 0.25) is 0 Å². The van der Waals surface area contributed by atoms with Crippen molar-refractivity contribution in [1.82, 2.24) is 0 Å². The first-order valence-electron chi connectivity index (χ1n) is 4.40. The van der Waals surface area contributed by atoms with E-state index >= 15 is 0 Å². The fourth-order valence-corrected chi connectivity index (χ4v) is 1.52. The Kier molecular flexibility index (Phi) is 1.72. The van der Waals surface area contributed by atoms with Crippen molar-refractivity contribution in [3.63, 3.8) is 0 Å². The topological polar surface area (TPSA) is 12.4 Å². The van der Waals surface area contributed by atoms with Crippen molar-refractivity contribution in [2.45, 2.75) is 19.9 Å². The molecule has 1 nitrogen and oxygen atoms in total. The van der Waals surface area contributed by atoms with Gasteiger partial charge >= 0.3 is 0 Å². The Labute approximate surface area is 73.2 Å². The molecule has 12 heavy (non-hydrogen) atoms. The molecule has 0 bridgehead atoms. The molecular weight excluding hydrogens is 146 g/mol. The van der Waals surface area contributed by atoms with Crippen molar-refractivity contribution < 1.29 is 0 Å². The van der Waals surface area contributed by atoms with Gasteiger partial charge in [0.1, 0.15) is 0 Å². The Balaban J connectivity index is 2.28. The highest BCUT2D eigenvalue weighted by molar-refractivity contribution is 5.78. The number of hydrogen-bond donors (Lipinski definition) is 0. The van der Waals surface area contributed by atoms with Gasteiger partial charge in [0.25, 0.3) is 0 Å². The Morgan fingerprint density at radius 3 is 2.92 bits per heavy atom. The van der Waals surface area contributed by atoms with E-state index in [4.69, 9.17) is 0 Å². The predicted molar refractivity (Wildman–Crippen MR) is 52.4 cm³/mol. The normalized spacial score (nSPS) is 25.8. The van der Waals surface area contributed by atoms with E-state index < -0.39 is 0 Å². The summed E-state index contributed by atoms with van der Waals surface area (Å²) in [6.07, 6.45) is 10.6. The van der Waals surface area contributed by atoms with Gasteiger partial charge in [0.05, 0.1) is 6.04 Å². The maximum absolute atomic E-state index is 4.35. The zero-order valence-corrected chi connectivity index (χ0v) is 7.49. The van der Waals surface area contributed by atoms with Gasteiger partial charge in [0.15, 0.2) is 0 Å². The van der Waals surface area contributed by atoms with Gasteiger partial charge < -0.3 is 0 Å². The molecule has 1 aliphatic heterocycles. The average molecular weight is 159 g/mol. The molecule has 0 saturated heterocycles. The summed E-state index contributed by atoms with van der Waals surface area (Å²) in [5.41, 5.74) is 2.72. The summed E-state index contributed by atoms with van der Waals surface area (Å²) >= 11 is 0. The third-order valence-corrected chi connectivity index (χ3v) is 2.34. The molecule has 62 valence electrons. The highest BCUT2D eigenvalue weighted by Gasteiger charge is 2.16. The van der Waals surface area contributed by atoms with Crippen molar-refractivity contribution >= 4 is 6.21 Å². The molecule has 1 aliphatic carbocycles. The van der Waals surface area contributed by atoms with Gasteiger partial charge in [-0.15, -0.1) is 0 Å². The Hall–Kier alpha value is -1.11. The number of hydrogen-bond acceptors (Lipinski definition) is 1. The zero-order chi connectivity index (χ0) is 8.55. The number of allylic oxidation sites excluding steroid dienone is 3. The smallest absolute Gasteiger partial charge is 0.0936 e. The third kappa shape index (κ3) is 1.15. The van der Waals surface area contributed by atoms with Gasteiger partial charge in [0, 0.05) is 6.21 Å². The molecule has 0 aromatic rings. The van der Waals surface area contributed by atoms with Crippen LogP contribution in [0.1, 0.15) is 13.8 Å². The van der Waals surface area contributed by atoms with E-state index in [1.165, 1.54) is 11.1 Å². The summed E-state index contributed by atoms with van der Waals surface area (Å²) in [7, 11) is 0. The number of fused-ring (bicyclic) bond motifs is 1. The van der Waals surface area contributed by atoms with Crippen LogP contribution in [-0.2, 0) is 0 Å². The standard InChI is InChI=1S/C11H13N/c1-8(2)10-4-3-9-5-6-12-11(9)7-10/h3-8,11H,1-2H3. The zero-order valence-electron chi connectivity index (χ0n) is 7.49. The summed E-state index contributed by atoms with van der Waals surface area (Å²) in [5.74, 6) is 0.610. The van der Waals surface area contributed by atoms with Crippen LogP contribution in [-0.4, -0.2) is 12.3 Å².